The van der Waals surface area contributed by atoms with Crippen LogP contribution in [0.4, 0.5) is 0 Å². The number of hydrogen-bond acceptors (Lipinski definition) is 4. The maximum absolute atomic E-state index is 13.3. The van der Waals surface area contributed by atoms with Crippen LogP contribution in [-0.2, 0) is 16.6 Å². The molecule has 0 radical (unpaired) electrons. The molecule has 3 rings (SSSR count). The minimum Gasteiger partial charge on any atom is -0.492 e. The Hall–Kier alpha value is -2.16. The second-order valence-electron chi connectivity index (χ2n) is 6.68. The molecule has 3 aromatic rings. The second kappa shape index (κ2) is 8.69. The van der Waals surface area contributed by atoms with E-state index in [1.807, 2.05) is 55.8 Å². The van der Waals surface area contributed by atoms with Gasteiger partial charge in [0.2, 0.25) is 10.0 Å². The van der Waals surface area contributed by atoms with Gasteiger partial charge in [0.1, 0.15) is 10.6 Å². The summed E-state index contributed by atoms with van der Waals surface area (Å²) in [7, 11) is -2.19. The number of aryl methyl sites for hydroxylation is 1. The number of halogens is 1. The lowest BCUT2D eigenvalue weighted by Crippen LogP contribution is -2.27. The van der Waals surface area contributed by atoms with E-state index in [-0.39, 0.29) is 11.4 Å². The van der Waals surface area contributed by atoms with Gasteiger partial charge in [0.15, 0.2) is 0 Å². The summed E-state index contributed by atoms with van der Waals surface area (Å²) in [5.74, 6) is 0.343. The zero-order valence-corrected chi connectivity index (χ0v) is 19.3. The Kier molecular flexibility index (Phi) is 6.45. The lowest BCUT2D eigenvalue weighted by molar-refractivity contribution is 0.329. The first kappa shape index (κ1) is 21.5. The number of ether oxygens (including phenoxy) is 1. The van der Waals surface area contributed by atoms with Crippen molar-refractivity contribution in [2.45, 2.75) is 32.2 Å². The number of benzene rings is 2. The van der Waals surface area contributed by atoms with Gasteiger partial charge in [-0.15, -0.1) is 0 Å². The summed E-state index contributed by atoms with van der Waals surface area (Å²) < 4.78 is 36.0. The summed E-state index contributed by atoms with van der Waals surface area (Å²) in [5, 5.41) is 4.61. The van der Waals surface area contributed by atoms with Crippen molar-refractivity contribution in [3.05, 3.63) is 70.0 Å². The summed E-state index contributed by atoms with van der Waals surface area (Å²) in [6.07, 6.45) is 0. The predicted octanol–water partition coefficient (Wildman–Crippen LogP) is 4.47. The molecular formula is C21H24BrN3O3S. The molecular weight excluding hydrogens is 454 g/mol. The van der Waals surface area contributed by atoms with Crippen molar-refractivity contribution in [2.75, 3.05) is 13.7 Å². The molecule has 0 spiro atoms. The first-order valence-electron chi connectivity index (χ1n) is 9.25. The number of nitrogens with zero attached hydrogens (tertiary/aromatic N) is 3. The van der Waals surface area contributed by atoms with E-state index < -0.39 is 10.0 Å². The van der Waals surface area contributed by atoms with Gasteiger partial charge in [0.05, 0.1) is 18.0 Å². The molecule has 2 aromatic carbocycles. The molecule has 8 heteroatoms. The van der Waals surface area contributed by atoms with Crippen molar-refractivity contribution in [3.63, 3.8) is 0 Å². The Morgan fingerprint density at radius 2 is 1.83 bits per heavy atom. The van der Waals surface area contributed by atoms with Crippen molar-refractivity contribution < 1.29 is 13.2 Å². The molecule has 0 unspecified atom stereocenters. The van der Waals surface area contributed by atoms with Gasteiger partial charge < -0.3 is 4.74 Å². The van der Waals surface area contributed by atoms with Crippen LogP contribution in [0.2, 0.25) is 0 Å². The maximum Gasteiger partial charge on any atom is 0.246 e. The highest BCUT2D eigenvalue weighted by Gasteiger charge is 2.27. The molecule has 0 N–H and O–H groups in total. The Balaban J connectivity index is 1.96. The molecule has 0 bridgehead atoms. The fourth-order valence-electron chi connectivity index (χ4n) is 3.16. The Morgan fingerprint density at radius 3 is 2.48 bits per heavy atom. The topological polar surface area (TPSA) is 64.4 Å². The highest BCUT2D eigenvalue weighted by molar-refractivity contribution is 9.10. The number of sulfonamides is 1. The molecule has 0 amide bonds. The monoisotopic (exact) mass is 477 g/mol. The Labute approximate surface area is 180 Å². The molecule has 0 fully saturated rings. The van der Waals surface area contributed by atoms with Crippen LogP contribution in [0.3, 0.4) is 0 Å². The van der Waals surface area contributed by atoms with E-state index in [0.717, 1.165) is 22.6 Å². The first-order chi connectivity index (χ1) is 13.8. The third-order valence-electron chi connectivity index (χ3n) is 4.72. The van der Waals surface area contributed by atoms with Crippen molar-refractivity contribution in [3.8, 4) is 11.4 Å². The zero-order valence-electron chi connectivity index (χ0n) is 16.9. The van der Waals surface area contributed by atoms with Gasteiger partial charge in [-0.25, -0.2) is 13.1 Å². The van der Waals surface area contributed by atoms with Gasteiger partial charge in [0, 0.05) is 29.3 Å². The van der Waals surface area contributed by atoms with Crippen LogP contribution in [0.1, 0.15) is 23.9 Å². The molecule has 0 aliphatic carbocycles. The van der Waals surface area contributed by atoms with Crippen LogP contribution in [0, 0.1) is 13.8 Å². The smallest absolute Gasteiger partial charge is 0.246 e. The Bertz CT molecular complexity index is 1110. The van der Waals surface area contributed by atoms with E-state index in [4.69, 9.17) is 4.74 Å². The van der Waals surface area contributed by atoms with Crippen molar-refractivity contribution in [1.82, 2.24) is 14.1 Å². The SMILES string of the molecule is CCOc1ccc(Br)cc1S(=O)(=O)N(C)Cc1c(C)nn(-c2ccccc2)c1C. The largest absolute Gasteiger partial charge is 0.492 e. The Morgan fingerprint density at radius 1 is 1.14 bits per heavy atom. The van der Waals surface area contributed by atoms with Crippen LogP contribution in [-0.4, -0.2) is 36.2 Å². The molecule has 1 aromatic heterocycles. The molecule has 29 heavy (non-hydrogen) atoms. The predicted molar refractivity (Wildman–Crippen MR) is 117 cm³/mol. The van der Waals surface area contributed by atoms with E-state index in [1.54, 1.807) is 25.2 Å². The number of rotatable bonds is 7. The lowest BCUT2D eigenvalue weighted by atomic mass is 10.2. The average Bonchev–Trinajstić information content (AvgIpc) is 2.98. The van der Waals surface area contributed by atoms with E-state index in [0.29, 0.717) is 16.8 Å². The van der Waals surface area contributed by atoms with Gasteiger partial charge in [-0.3, -0.25) is 0 Å². The van der Waals surface area contributed by atoms with E-state index in [9.17, 15) is 8.42 Å². The summed E-state index contributed by atoms with van der Waals surface area (Å²) in [6, 6.07) is 14.8. The molecule has 0 aliphatic heterocycles. The van der Waals surface area contributed by atoms with Gasteiger partial charge in [-0.1, -0.05) is 34.1 Å². The van der Waals surface area contributed by atoms with E-state index in [2.05, 4.69) is 21.0 Å². The number of para-hydroxylation sites is 1. The fraction of sp³-hybridized carbons (Fsp3) is 0.286. The summed E-state index contributed by atoms with van der Waals surface area (Å²) in [6.45, 7) is 6.27. The van der Waals surface area contributed by atoms with Crippen LogP contribution in [0.5, 0.6) is 5.75 Å². The molecule has 6 nitrogen and oxygen atoms in total. The second-order valence-corrected chi connectivity index (χ2v) is 9.61. The summed E-state index contributed by atoms with van der Waals surface area (Å²) in [5.41, 5.74) is 3.53. The van der Waals surface area contributed by atoms with Gasteiger partial charge in [0.25, 0.3) is 0 Å². The van der Waals surface area contributed by atoms with Crippen LogP contribution >= 0.6 is 15.9 Å². The molecule has 0 saturated heterocycles. The van der Waals surface area contributed by atoms with E-state index in [1.165, 1.54) is 4.31 Å². The molecule has 0 aliphatic rings. The average molecular weight is 478 g/mol. The minimum atomic E-state index is -3.76. The molecule has 0 saturated carbocycles. The maximum atomic E-state index is 13.3. The summed E-state index contributed by atoms with van der Waals surface area (Å²) in [4.78, 5) is 0.141. The normalized spacial score (nSPS) is 11.8. The summed E-state index contributed by atoms with van der Waals surface area (Å²) >= 11 is 3.36. The number of hydrogen-bond donors (Lipinski definition) is 0. The third kappa shape index (κ3) is 4.39. The van der Waals surface area contributed by atoms with Crippen LogP contribution in [0.15, 0.2) is 57.9 Å². The first-order valence-corrected chi connectivity index (χ1v) is 11.5. The van der Waals surface area contributed by atoms with Crippen molar-refractivity contribution >= 4 is 26.0 Å². The minimum absolute atomic E-state index is 0.141. The van der Waals surface area contributed by atoms with Gasteiger partial charge in [-0.2, -0.15) is 9.40 Å². The highest BCUT2D eigenvalue weighted by Crippen LogP contribution is 2.31. The number of aromatic nitrogens is 2. The third-order valence-corrected chi connectivity index (χ3v) is 7.03. The van der Waals surface area contributed by atoms with E-state index >= 15 is 0 Å². The van der Waals surface area contributed by atoms with Crippen LogP contribution in [0.25, 0.3) is 5.69 Å². The molecule has 1 heterocycles. The zero-order chi connectivity index (χ0) is 21.2. The van der Waals surface area contributed by atoms with Crippen molar-refractivity contribution in [2.24, 2.45) is 0 Å². The van der Waals surface area contributed by atoms with Crippen molar-refractivity contribution in [1.29, 1.82) is 0 Å². The standard InChI is InChI=1S/C21H24BrN3O3S/c1-5-28-20-12-11-17(22)13-21(20)29(26,27)24(4)14-19-15(2)23-25(16(19)3)18-9-7-6-8-10-18/h6-13H,5,14H2,1-4H3. The fourth-order valence-corrected chi connectivity index (χ4v) is 4.96. The quantitative estimate of drug-likeness (QED) is 0.503. The molecule has 154 valence electrons. The molecule has 0 atom stereocenters. The van der Waals surface area contributed by atoms with Gasteiger partial charge in [-0.05, 0) is 51.1 Å². The lowest BCUT2D eigenvalue weighted by Gasteiger charge is -2.20. The van der Waals surface area contributed by atoms with Crippen LogP contribution < -0.4 is 4.74 Å². The van der Waals surface area contributed by atoms with Gasteiger partial charge >= 0.3 is 0 Å². The highest BCUT2D eigenvalue weighted by atomic mass is 79.9.